The van der Waals surface area contributed by atoms with E-state index >= 15 is 0 Å². The topological polar surface area (TPSA) is 54.9 Å². The number of hydrogen-bond donors (Lipinski definition) is 1. The molecular weight excluding hydrogens is 326 g/mol. The molecule has 2 heterocycles. The number of thiophene rings is 1. The maximum Gasteiger partial charge on any atom is 0.226 e. The fourth-order valence-electron chi connectivity index (χ4n) is 3.03. The van der Waals surface area contributed by atoms with E-state index in [0.29, 0.717) is 17.5 Å². The second-order valence-corrected chi connectivity index (χ2v) is 7.37. The highest BCUT2D eigenvalue weighted by molar-refractivity contribution is 7.19. The zero-order valence-electron chi connectivity index (χ0n) is 12.4. The van der Waals surface area contributed by atoms with Gasteiger partial charge in [-0.3, -0.25) is 4.79 Å². The Morgan fingerprint density at radius 3 is 3.04 bits per heavy atom. The minimum Gasteiger partial charge on any atom is -0.301 e. The molecule has 1 amide bonds. The zero-order chi connectivity index (χ0) is 15.6. The monoisotopic (exact) mass is 341 g/mol. The fourth-order valence-corrected chi connectivity index (χ4v) is 4.50. The number of nitrogens with one attached hydrogen (secondary N) is 1. The molecule has 4 nitrogen and oxygen atoms in total. The van der Waals surface area contributed by atoms with Gasteiger partial charge < -0.3 is 5.32 Å². The highest BCUT2D eigenvalue weighted by Gasteiger charge is 2.24. The zero-order valence-corrected chi connectivity index (χ0v) is 14.0. The molecule has 0 spiro atoms. The van der Waals surface area contributed by atoms with Crippen molar-refractivity contribution < 1.29 is 4.79 Å². The van der Waals surface area contributed by atoms with Gasteiger partial charge in [-0.15, -0.1) is 10.2 Å². The van der Waals surface area contributed by atoms with Crippen molar-refractivity contribution in [2.24, 2.45) is 0 Å². The molecule has 23 heavy (non-hydrogen) atoms. The molecule has 3 aromatic rings. The summed E-state index contributed by atoms with van der Waals surface area (Å²) in [6, 6.07) is 10.4. The van der Waals surface area contributed by atoms with Gasteiger partial charge in [0.25, 0.3) is 0 Å². The highest BCUT2D eigenvalue weighted by atomic mass is 32.1. The lowest BCUT2D eigenvalue weighted by atomic mass is 9.97. The van der Waals surface area contributed by atoms with Crippen LogP contribution in [0.25, 0.3) is 10.6 Å². The summed E-state index contributed by atoms with van der Waals surface area (Å²) in [6.07, 6.45) is 2.61. The maximum atomic E-state index is 12.3. The van der Waals surface area contributed by atoms with Crippen LogP contribution >= 0.6 is 22.7 Å². The second-order valence-electron chi connectivity index (χ2n) is 5.61. The van der Waals surface area contributed by atoms with Crippen LogP contribution in [-0.2, 0) is 11.2 Å². The molecule has 1 aromatic carbocycles. The van der Waals surface area contributed by atoms with Gasteiger partial charge in [0.05, 0.1) is 0 Å². The van der Waals surface area contributed by atoms with Crippen LogP contribution in [0.2, 0.25) is 0 Å². The quantitative estimate of drug-likeness (QED) is 0.768. The molecule has 0 bridgehead atoms. The van der Waals surface area contributed by atoms with Gasteiger partial charge in [0.2, 0.25) is 11.0 Å². The van der Waals surface area contributed by atoms with Gasteiger partial charge in [-0.1, -0.05) is 35.6 Å². The number of nitrogens with zero attached hydrogens (tertiary/aromatic N) is 2. The number of benzene rings is 1. The number of aromatic nitrogens is 2. The summed E-state index contributed by atoms with van der Waals surface area (Å²) in [5, 5.41) is 16.6. The van der Waals surface area contributed by atoms with Crippen LogP contribution in [0.1, 0.15) is 29.9 Å². The van der Waals surface area contributed by atoms with Crippen LogP contribution in [-0.4, -0.2) is 16.1 Å². The van der Waals surface area contributed by atoms with Crippen molar-refractivity contribution in [2.75, 3.05) is 5.32 Å². The number of carbonyl (C=O) groups is 1. The molecule has 0 fully saturated rings. The molecule has 4 rings (SSSR count). The number of rotatable bonds is 4. The van der Waals surface area contributed by atoms with E-state index in [1.54, 1.807) is 11.3 Å². The first-order valence-corrected chi connectivity index (χ1v) is 9.29. The first-order chi connectivity index (χ1) is 11.3. The Morgan fingerprint density at radius 2 is 2.17 bits per heavy atom. The molecule has 2 aromatic heterocycles. The van der Waals surface area contributed by atoms with Crippen LogP contribution in [0, 0.1) is 0 Å². The van der Waals surface area contributed by atoms with Crippen LogP contribution < -0.4 is 5.32 Å². The number of amides is 1. The van der Waals surface area contributed by atoms with E-state index in [-0.39, 0.29) is 5.91 Å². The van der Waals surface area contributed by atoms with Crippen molar-refractivity contribution in [3.63, 3.8) is 0 Å². The Hall–Kier alpha value is -2.05. The smallest absolute Gasteiger partial charge is 0.226 e. The van der Waals surface area contributed by atoms with Gasteiger partial charge in [0.1, 0.15) is 5.01 Å². The normalized spacial score (nSPS) is 16.3. The van der Waals surface area contributed by atoms with E-state index in [4.69, 9.17) is 0 Å². The number of carbonyl (C=O) groups excluding carboxylic acids is 1. The highest BCUT2D eigenvalue weighted by Crippen LogP contribution is 2.35. The summed E-state index contributed by atoms with van der Waals surface area (Å²) in [7, 11) is 0. The van der Waals surface area contributed by atoms with Crippen molar-refractivity contribution in [1.82, 2.24) is 10.2 Å². The molecule has 116 valence electrons. The van der Waals surface area contributed by atoms with E-state index in [0.717, 1.165) is 23.4 Å². The van der Waals surface area contributed by atoms with E-state index in [9.17, 15) is 4.79 Å². The molecule has 1 atom stereocenters. The minimum atomic E-state index is 0.0136. The largest absolute Gasteiger partial charge is 0.301 e. The molecule has 6 heteroatoms. The third-order valence-corrected chi connectivity index (χ3v) is 5.70. The Balaban J connectivity index is 1.41. The van der Waals surface area contributed by atoms with Crippen molar-refractivity contribution in [1.29, 1.82) is 0 Å². The first kappa shape index (κ1) is 14.5. The third kappa shape index (κ3) is 3.04. The molecule has 0 saturated heterocycles. The van der Waals surface area contributed by atoms with E-state index in [1.165, 1.54) is 22.5 Å². The Labute approximate surface area is 142 Å². The van der Waals surface area contributed by atoms with E-state index < -0.39 is 0 Å². The third-order valence-electron chi connectivity index (χ3n) is 4.13. The molecule has 1 unspecified atom stereocenters. The lowest BCUT2D eigenvalue weighted by Gasteiger charge is -2.10. The summed E-state index contributed by atoms with van der Waals surface area (Å²) < 4.78 is 0. The van der Waals surface area contributed by atoms with Gasteiger partial charge in [0.15, 0.2) is 0 Å². The van der Waals surface area contributed by atoms with Crippen molar-refractivity contribution in [2.45, 2.75) is 25.2 Å². The lowest BCUT2D eigenvalue weighted by Crippen LogP contribution is -2.14. The number of aryl methyl sites for hydroxylation is 1. The second kappa shape index (κ2) is 6.22. The molecule has 1 aliphatic carbocycles. The van der Waals surface area contributed by atoms with Crippen LogP contribution in [0.3, 0.4) is 0 Å². The summed E-state index contributed by atoms with van der Waals surface area (Å²) in [5.74, 6) is 0.329. The number of hydrogen-bond acceptors (Lipinski definition) is 5. The summed E-state index contributed by atoms with van der Waals surface area (Å²) >= 11 is 3.04. The number of anilines is 1. The predicted molar refractivity (Wildman–Crippen MR) is 94.0 cm³/mol. The van der Waals surface area contributed by atoms with Gasteiger partial charge in [-0.05, 0) is 41.3 Å². The SMILES string of the molecule is O=C(CC1CCc2ccccc21)Nc1nnc(-c2ccsc2)s1. The average molecular weight is 341 g/mol. The van der Waals surface area contributed by atoms with Crippen LogP contribution in [0.5, 0.6) is 0 Å². The molecule has 1 N–H and O–H groups in total. The molecular formula is C17H15N3OS2. The summed E-state index contributed by atoms with van der Waals surface area (Å²) in [4.78, 5) is 12.3. The van der Waals surface area contributed by atoms with Crippen molar-refractivity contribution >= 4 is 33.7 Å². The molecule has 0 saturated carbocycles. The van der Waals surface area contributed by atoms with Gasteiger partial charge >= 0.3 is 0 Å². The Bertz CT molecular complexity index is 826. The number of fused-ring (bicyclic) bond motifs is 1. The Kier molecular flexibility index (Phi) is 3.93. The van der Waals surface area contributed by atoms with Gasteiger partial charge in [-0.25, -0.2) is 0 Å². The maximum absolute atomic E-state index is 12.3. The van der Waals surface area contributed by atoms with E-state index in [2.05, 4.69) is 33.7 Å². The first-order valence-electron chi connectivity index (χ1n) is 7.53. The van der Waals surface area contributed by atoms with E-state index in [1.807, 2.05) is 22.9 Å². The molecule has 0 radical (unpaired) electrons. The fraction of sp³-hybridized carbons (Fsp3) is 0.235. The molecule has 0 aliphatic heterocycles. The van der Waals surface area contributed by atoms with Gasteiger partial charge in [-0.2, -0.15) is 11.3 Å². The standard InChI is InChI=1S/C17H15N3OS2/c21-15(9-12-6-5-11-3-1-2-4-14(11)12)18-17-20-19-16(23-17)13-7-8-22-10-13/h1-4,7-8,10,12H,5-6,9H2,(H,18,20,21). The predicted octanol–water partition coefficient (Wildman–Crippen LogP) is 4.33. The van der Waals surface area contributed by atoms with Crippen molar-refractivity contribution in [3.05, 3.63) is 52.2 Å². The molecule has 1 aliphatic rings. The van der Waals surface area contributed by atoms with Crippen LogP contribution in [0.4, 0.5) is 5.13 Å². The van der Waals surface area contributed by atoms with Gasteiger partial charge in [0, 0.05) is 17.4 Å². The lowest BCUT2D eigenvalue weighted by molar-refractivity contribution is -0.116. The average Bonchev–Trinajstić information content (AvgIpc) is 3.27. The minimum absolute atomic E-state index is 0.0136. The van der Waals surface area contributed by atoms with Crippen LogP contribution in [0.15, 0.2) is 41.1 Å². The summed E-state index contributed by atoms with van der Waals surface area (Å²) in [5.41, 5.74) is 3.75. The van der Waals surface area contributed by atoms with Crippen molar-refractivity contribution in [3.8, 4) is 10.6 Å². The summed E-state index contributed by atoms with van der Waals surface area (Å²) in [6.45, 7) is 0. The Morgan fingerprint density at radius 1 is 1.26 bits per heavy atom.